The molecule has 1 atom stereocenters. The molecule has 0 aliphatic carbocycles. The normalized spacial score (nSPS) is 22.8. The van der Waals surface area contributed by atoms with Crippen LogP contribution in [0.2, 0.25) is 5.02 Å². The molecule has 3 heterocycles. The Hall–Kier alpha value is -1.52. The minimum atomic E-state index is 0.112. The van der Waals surface area contributed by atoms with Gasteiger partial charge in [0.1, 0.15) is 5.69 Å². The second kappa shape index (κ2) is 5.60. The van der Waals surface area contributed by atoms with Crippen molar-refractivity contribution in [3.05, 3.63) is 35.0 Å². The Morgan fingerprint density at radius 2 is 2.05 bits per heavy atom. The Bertz CT molecular complexity index is 711. The molecule has 22 heavy (non-hydrogen) atoms. The van der Waals surface area contributed by atoms with Crippen LogP contribution in [0, 0.1) is 0 Å². The summed E-state index contributed by atoms with van der Waals surface area (Å²) in [7, 11) is 0. The van der Waals surface area contributed by atoms with E-state index in [4.69, 9.17) is 11.6 Å². The van der Waals surface area contributed by atoms with Crippen molar-refractivity contribution in [1.29, 1.82) is 0 Å². The number of carbonyl (C=O) groups is 1. The molecule has 1 aromatic carbocycles. The molecule has 116 valence electrons. The highest BCUT2D eigenvalue weighted by Gasteiger charge is 2.31. The SMILES string of the molecule is O=C(c1cc2cc(Cl)ccc2[nH]1)N1CCCN2CCC[C@@H]2C1. The van der Waals surface area contributed by atoms with Gasteiger partial charge in [0.2, 0.25) is 0 Å². The van der Waals surface area contributed by atoms with E-state index in [9.17, 15) is 4.79 Å². The molecular weight excluding hydrogens is 298 g/mol. The molecule has 0 saturated carbocycles. The Morgan fingerprint density at radius 1 is 1.18 bits per heavy atom. The van der Waals surface area contributed by atoms with Gasteiger partial charge in [0.25, 0.3) is 5.91 Å². The van der Waals surface area contributed by atoms with E-state index >= 15 is 0 Å². The van der Waals surface area contributed by atoms with Crippen molar-refractivity contribution in [3.63, 3.8) is 0 Å². The van der Waals surface area contributed by atoms with E-state index in [-0.39, 0.29) is 5.91 Å². The quantitative estimate of drug-likeness (QED) is 0.877. The highest BCUT2D eigenvalue weighted by Crippen LogP contribution is 2.24. The maximum absolute atomic E-state index is 12.8. The van der Waals surface area contributed by atoms with Crippen molar-refractivity contribution in [3.8, 4) is 0 Å². The first kappa shape index (κ1) is 14.1. The molecule has 1 aromatic heterocycles. The number of amides is 1. The molecule has 0 unspecified atom stereocenters. The van der Waals surface area contributed by atoms with E-state index in [1.54, 1.807) is 0 Å². The van der Waals surface area contributed by atoms with Crippen LogP contribution in [0.5, 0.6) is 0 Å². The maximum atomic E-state index is 12.8. The monoisotopic (exact) mass is 317 g/mol. The standard InChI is InChI=1S/C17H20ClN3O/c18-13-4-5-15-12(9-13)10-16(19-15)17(22)21-8-2-7-20-6-1-3-14(20)11-21/h4-5,9-10,14,19H,1-3,6-8,11H2/t14-/m1/s1. The van der Waals surface area contributed by atoms with Gasteiger partial charge < -0.3 is 9.88 Å². The lowest BCUT2D eigenvalue weighted by molar-refractivity contribution is 0.0738. The first-order chi connectivity index (χ1) is 10.7. The second-order valence-corrected chi connectivity index (χ2v) is 6.79. The van der Waals surface area contributed by atoms with Gasteiger partial charge in [-0.2, -0.15) is 0 Å². The van der Waals surface area contributed by atoms with E-state index in [0.29, 0.717) is 16.8 Å². The van der Waals surface area contributed by atoms with Crippen LogP contribution in [0.1, 0.15) is 29.8 Å². The fourth-order valence-corrected chi connectivity index (χ4v) is 3.96. The Labute approximate surface area is 135 Å². The average Bonchev–Trinajstić information content (AvgIpc) is 3.07. The number of carbonyl (C=O) groups excluding carboxylic acids is 1. The number of rotatable bonds is 1. The van der Waals surface area contributed by atoms with Crippen molar-refractivity contribution < 1.29 is 4.79 Å². The van der Waals surface area contributed by atoms with E-state index in [1.165, 1.54) is 19.4 Å². The zero-order chi connectivity index (χ0) is 15.1. The molecule has 4 rings (SSSR count). The molecule has 1 amide bonds. The molecule has 5 heteroatoms. The predicted octanol–water partition coefficient (Wildman–Crippen LogP) is 3.13. The highest BCUT2D eigenvalue weighted by atomic mass is 35.5. The summed E-state index contributed by atoms with van der Waals surface area (Å²) < 4.78 is 0. The maximum Gasteiger partial charge on any atom is 0.270 e. The van der Waals surface area contributed by atoms with Crippen LogP contribution in [0.15, 0.2) is 24.3 Å². The Kier molecular flexibility index (Phi) is 3.59. The largest absolute Gasteiger partial charge is 0.351 e. The minimum absolute atomic E-state index is 0.112. The molecule has 0 bridgehead atoms. The topological polar surface area (TPSA) is 39.3 Å². The van der Waals surface area contributed by atoms with Gasteiger partial charge in [-0.1, -0.05) is 11.6 Å². The third-order valence-corrected chi connectivity index (χ3v) is 5.14. The summed E-state index contributed by atoms with van der Waals surface area (Å²) in [6.07, 6.45) is 3.54. The zero-order valence-electron chi connectivity index (χ0n) is 12.5. The van der Waals surface area contributed by atoms with E-state index in [2.05, 4.69) is 9.88 Å². The zero-order valence-corrected chi connectivity index (χ0v) is 13.3. The van der Waals surface area contributed by atoms with Crippen molar-refractivity contribution in [2.45, 2.75) is 25.3 Å². The van der Waals surface area contributed by atoms with Crippen LogP contribution in [-0.4, -0.2) is 52.9 Å². The smallest absolute Gasteiger partial charge is 0.270 e. The van der Waals surface area contributed by atoms with Crippen LogP contribution in [0.3, 0.4) is 0 Å². The van der Waals surface area contributed by atoms with E-state index in [1.807, 2.05) is 29.2 Å². The molecule has 2 aliphatic rings. The molecule has 2 saturated heterocycles. The first-order valence-electron chi connectivity index (χ1n) is 8.02. The number of aromatic amines is 1. The fraction of sp³-hybridized carbons (Fsp3) is 0.471. The van der Waals surface area contributed by atoms with Gasteiger partial charge in [-0.15, -0.1) is 0 Å². The molecule has 2 aromatic rings. The molecule has 1 N–H and O–H groups in total. The van der Waals surface area contributed by atoms with Crippen LogP contribution in [-0.2, 0) is 0 Å². The van der Waals surface area contributed by atoms with Crippen LogP contribution < -0.4 is 0 Å². The third kappa shape index (κ3) is 2.50. The molecule has 2 fully saturated rings. The predicted molar refractivity (Wildman–Crippen MR) is 88.4 cm³/mol. The van der Waals surface area contributed by atoms with Crippen molar-refractivity contribution in [1.82, 2.24) is 14.8 Å². The molecule has 0 radical (unpaired) electrons. The van der Waals surface area contributed by atoms with Crippen molar-refractivity contribution >= 4 is 28.4 Å². The number of halogens is 1. The van der Waals surface area contributed by atoms with E-state index < -0.39 is 0 Å². The van der Waals surface area contributed by atoms with Gasteiger partial charge in [-0.3, -0.25) is 9.69 Å². The van der Waals surface area contributed by atoms with Gasteiger partial charge >= 0.3 is 0 Å². The lowest BCUT2D eigenvalue weighted by atomic mass is 10.2. The Balaban J connectivity index is 1.59. The first-order valence-corrected chi connectivity index (χ1v) is 8.40. The molecular formula is C17H20ClN3O. The van der Waals surface area contributed by atoms with Crippen molar-refractivity contribution in [2.75, 3.05) is 26.2 Å². The number of benzene rings is 1. The van der Waals surface area contributed by atoms with Gasteiger partial charge in [0.05, 0.1) is 0 Å². The number of aromatic nitrogens is 1. The fourth-order valence-electron chi connectivity index (χ4n) is 3.78. The number of hydrogen-bond donors (Lipinski definition) is 1. The molecule has 0 spiro atoms. The number of nitrogens with one attached hydrogen (secondary N) is 1. The summed E-state index contributed by atoms with van der Waals surface area (Å²) in [5.74, 6) is 0.112. The summed E-state index contributed by atoms with van der Waals surface area (Å²) in [6.45, 7) is 4.02. The minimum Gasteiger partial charge on any atom is -0.351 e. The van der Waals surface area contributed by atoms with Crippen LogP contribution in [0.4, 0.5) is 0 Å². The average molecular weight is 318 g/mol. The number of H-pyrrole nitrogens is 1. The van der Waals surface area contributed by atoms with Crippen LogP contribution in [0.25, 0.3) is 10.9 Å². The Morgan fingerprint density at radius 3 is 2.95 bits per heavy atom. The second-order valence-electron chi connectivity index (χ2n) is 6.35. The summed E-state index contributed by atoms with van der Waals surface area (Å²) in [6, 6.07) is 8.13. The number of fused-ring (bicyclic) bond motifs is 2. The van der Waals surface area contributed by atoms with Crippen LogP contribution >= 0.6 is 11.6 Å². The van der Waals surface area contributed by atoms with Crippen molar-refractivity contribution in [2.24, 2.45) is 0 Å². The van der Waals surface area contributed by atoms with Gasteiger partial charge in [0.15, 0.2) is 0 Å². The number of nitrogens with zero attached hydrogens (tertiary/aromatic N) is 2. The summed E-state index contributed by atoms with van der Waals surface area (Å²) in [4.78, 5) is 20.6. The number of hydrogen-bond acceptors (Lipinski definition) is 2. The van der Waals surface area contributed by atoms with E-state index in [0.717, 1.165) is 37.0 Å². The highest BCUT2D eigenvalue weighted by molar-refractivity contribution is 6.31. The molecule has 2 aliphatic heterocycles. The lowest BCUT2D eigenvalue weighted by Crippen LogP contribution is -2.39. The van der Waals surface area contributed by atoms with Gasteiger partial charge in [-0.25, -0.2) is 0 Å². The lowest BCUT2D eigenvalue weighted by Gasteiger charge is -2.25. The van der Waals surface area contributed by atoms with Gasteiger partial charge in [-0.05, 0) is 50.1 Å². The molecule has 4 nitrogen and oxygen atoms in total. The third-order valence-electron chi connectivity index (χ3n) is 4.90. The summed E-state index contributed by atoms with van der Waals surface area (Å²) >= 11 is 6.02. The summed E-state index contributed by atoms with van der Waals surface area (Å²) in [5.41, 5.74) is 1.63. The van der Waals surface area contributed by atoms with Gasteiger partial charge in [0, 0.05) is 41.6 Å². The summed E-state index contributed by atoms with van der Waals surface area (Å²) in [5, 5.41) is 1.69.